The van der Waals surface area contributed by atoms with Crippen molar-refractivity contribution >= 4 is 17.7 Å². The Morgan fingerprint density at radius 1 is 1.13 bits per heavy atom. The molecule has 1 saturated heterocycles. The maximum Gasteiger partial charge on any atom is 0.366 e. The number of carbonyl (C=O) groups excluding carboxylic acids is 3. The number of ether oxygens (including phenoxy) is 3. The topological polar surface area (TPSA) is 90.9 Å². The molecule has 1 aromatic rings. The van der Waals surface area contributed by atoms with E-state index in [1.54, 1.807) is 19.1 Å². The Balaban J connectivity index is 1.68. The third-order valence-electron chi connectivity index (χ3n) is 5.46. The van der Waals surface area contributed by atoms with Gasteiger partial charge in [0.15, 0.2) is 5.78 Å². The number of unbranched alkanes of at least 4 members (excludes halogenated alkanes) is 2. The first kappa shape index (κ1) is 24.0. The van der Waals surface area contributed by atoms with Gasteiger partial charge in [0.1, 0.15) is 0 Å². The number of amides is 1. The van der Waals surface area contributed by atoms with Crippen LogP contribution in [0.15, 0.2) is 24.3 Å². The van der Waals surface area contributed by atoms with Crippen molar-refractivity contribution in [2.75, 3.05) is 20.3 Å². The standard InChI is InChI=1S/C23H33NO6/c1-16-10-12-19(13-11-16)21(26)24-20(17(2)25)9-7-5-6-8-18-14-29-23(3,30-15-18)22(27)28-4/h10-13,18,20H,5-9,14-15H2,1-4H3,(H,24,26). The van der Waals surface area contributed by atoms with Crippen molar-refractivity contribution in [3.63, 3.8) is 0 Å². The van der Waals surface area contributed by atoms with Gasteiger partial charge in [-0.1, -0.05) is 37.0 Å². The number of carbonyl (C=O) groups is 3. The van der Waals surface area contributed by atoms with Crippen molar-refractivity contribution in [1.82, 2.24) is 5.32 Å². The predicted molar refractivity (Wildman–Crippen MR) is 112 cm³/mol. The molecule has 7 heteroatoms. The van der Waals surface area contributed by atoms with Crippen molar-refractivity contribution < 1.29 is 28.6 Å². The molecule has 0 saturated carbocycles. The molecule has 7 nitrogen and oxygen atoms in total. The van der Waals surface area contributed by atoms with Gasteiger partial charge in [0.05, 0.1) is 26.4 Å². The zero-order valence-electron chi connectivity index (χ0n) is 18.4. The maximum absolute atomic E-state index is 12.4. The van der Waals surface area contributed by atoms with Gasteiger partial charge in [-0.05, 0) is 38.8 Å². The molecular formula is C23H33NO6. The highest BCUT2D eigenvalue weighted by Crippen LogP contribution is 2.25. The Morgan fingerprint density at radius 2 is 1.77 bits per heavy atom. The van der Waals surface area contributed by atoms with Crippen molar-refractivity contribution in [3.05, 3.63) is 35.4 Å². The molecule has 2 rings (SSSR count). The third-order valence-corrected chi connectivity index (χ3v) is 5.46. The smallest absolute Gasteiger partial charge is 0.366 e. The van der Waals surface area contributed by atoms with Gasteiger partial charge < -0.3 is 19.5 Å². The monoisotopic (exact) mass is 419 g/mol. The van der Waals surface area contributed by atoms with Crippen molar-refractivity contribution in [1.29, 1.82) is 0 Å². The fourth-order valence-electron chi connectivity index (χ4n) is 3.40. The maximum atomic E-state index is 12.4. The third kappa shape index (κ3) is 6.92. The lowest BCUT2D eigenvalue weighted by atomic mass is 9.99. The van der Waals surface area contributed by atoms with Crippen LogP contribution in [-0.2, 0) is 23.8 Å². The Labute approximate surface area is 178 Å². The molecule has 1 aliphatic heterocycles. The Kier molecular flexibility index (Phi) is 8.99. The summed E-state index contributed by atoms with van der Waals surface area (Å²) in [6.45, 7) is 5.95. The summed E-state index contributed by atoms with van der Waals surface area (Å²) in [4.78, 5) is 36.0. The number of nitrogens with one attached hydrogen (secondary N) is 1. The summed E-state index contributed by atoms with van der Waals surface area (Å²) >= 11 is 0. The van der Waals surface area contributed by atoms with E-state index in [9.17, 15) is 14.4 Å². The lowest BCUT2D eigenvalue weighted by molar-refractivity contribution is -0.272. The largest absolute Gasteiger partial charge is 0.465 e. The van der Waals surface area contributed by atoms with Crippen LogP contribution in [0.2, 0.25) is 0 Å². The average Bonchev–Trinajstić information content (AvgIpc) is 2.73. The molecule has 1 fully saturated rings. The zero-order valence-corrected chi connectivity index (χ0v) is 18.4. The normalized spacial score (nSPS) is 22.2. The van der Waals surface area contributed by atoms with E-state index in [1.807, 2.05) is 19.1 Å². The van der Waals surface area contributed by atoms with Gasteiger partial charge in [0.2, 0.25) is 0 Å². The first-order chi connectivity index (χ1) is 14.2. The first-order valence-electron chi connectivity index (χ1n) is 10.5. The minimum Gasteiger partial charge on any atom is -0.465 e. The summed E-state index contributed by atoms with van der Waals surface area (Å²) in [7, 11) is 1.31. The van der Waals surface area contributed by atoms with E-state index in [0.717, 1.165) is 31.2 Å². The Hall–Kier alpha value is -2.25. The minimum absolute atomic E-state index is 0.0355. The zero-order chi connectivity index (χ0) is 22.1. The van der Waals surface area contributed by atoms with Gasteiger partial charge >= 0.3 is 5.97 Å². The second-order valence-corrected chi connectivity index (χ2v) is 8.07. The highest BCUT2D eigenvalue weighted by atomic mass is 16.7. The van der Waals surface area contributed by atoms with Crippen molar-refractivity contribution in [2.45, 2.75) is 64.7 Å². The van der Waals surface area contributed by atoms with Crippen LogP contribution in [0.4, 0.5) is 0 Å². The SMILES string of the molecule is COC(=O)C1(C)OCC(CCCCCC(NC(=O)c2ccc(C)cc2)C(C)=O)CO1. The molecule has 166 valence electrons. The van der Waals surface area contributed by atoms with Gasteiger partial charge in [-0.15, -0.1) is 0 Å². The van der Waals surface area contributed by atoms with Crippen LogP contribution >= 0.6 is 0 Å². The minimum atomic E-state index is -1.31. The van der Waals surface area contributed by atoms with Gasteiger partial charge in [0, 0.05) is 18.4 Å². The summed E-state index contributed by atoms with van der Waals surface area (Å²) < 4.78 is 15.8. The molecule has 30 heavy (non-hydrogen) atoms. The molecular weight excluding hydrogens is 386 g/mol. The molecule has 1 heterocycles. The van der Waals surface area contributed by atoms with E-state index in [1.165, 1.54) is 14.0 Å². The Bertz CT molecular complexity index is 722. The summed E-state index contributed by atoms with van der Waals surface area (Å²) in [5.41, 5.74) is 1.64. The number of hydrogen-bond acceptors (Lipinski definition) is 6. The molecule has 1 atom stereocenters. The highest BCUT2D eigenvalue weighted by molar-refractivity contribution is 5.97. The molecule has 0 spiro atoms. The van der Waals surface area contributed by atoms with E-state index in [-0.39, 0.29) is 17.6 Å². The summed E-state index contributed by atoms with van der Waals surface area (Å²) in [6.07, 6.45) is 4.27. The predicted octanol–water partition coefficient (Wildman–Crippen LogP) is 3.19. The number of rotatable bonds is 10. The fraction of sp³-hybridized carbons (Fsp3) is 0.609. The molecule has 0 aromatic heterocycles. The van der Waals surface area contributed by atoms with E-state index in [0.29, 0.717) is 25.2 Å². The molecule has 1 unspecified atom stereocenters. The molecule has 0 bridgehead atoms. The molecule has 1 N–H and O–H groups in total. The van der Waals surface area contributed by atoms with Crippen LogP contribution in [0.1, 0.15) is 61.9 Å². The van der Waals surface area contributed by atoms with Crippen LogP contribution in [-0.4, -0.2) is 49.8 Å². The highest BCUT2D eigenvalue weighted by Gasteiger charge is 2.41. The number of ketones is 1. The first-order valence-corrected chi connectivity index (χ1v) is 10.5. The summed E-state index contributed by atoms with van der Waals surface area (Å²) in [5.74, 6) is -1.86. The number of esters is 1. The number of Topliss-reactive ketones (excluding diaryl/α,β-unsaturated/α-hetero) is 1. The summed E-state index contributed by atoms with van der Waals surface area (Å²) in [6, 6.07) is 6.82. The van der Waals surface area contributed by atoms with Crippen LogP contribution in [0, 0.1) is 12.8 Å². The lowest BCUT2D eigenvalue weighted by Gasteiger charge is -2.35. The van der Waals surface area contributed by atoms with Crippen molar-refractivity contribution in [3.8, 4) is 0 Å². The van der Waals surface area contributed by atoms with Crippen LogP contribution in [0.25, 0.3) is 0 Å². The average molecular weight is 420 g/mol. The van der Waals surface area contributed by atoms with Crippen LogP contribution < -0.4 is 5.32 Å². The molecule has 1 amide bonds. The Morgan fingerprint density at radius 3 is 2.33 bits per heavy atom. The molecule has 1 aliphatic rings. The number of benzene rings is 1. The van der Waals surface area contributed by atoms with E-state index in [4.69, 9.17) is 14.2 Å². The van der Waals surface area contributed by atoms with Gasteiger partial charge in [0.25, 0.3) is 11.7 Å². The van der Waals surface area contributed by atoms with Crippen LogP contribution in [0.5, 0.6) is 0 Å². The quantitative estimate of drug-likeness (QED) is 0.463. The number of methoxy groups -OCH3 is 1. The molecule has 0 radical (unpaired) electrons. The van der Waals surface area contributed by atoms with Gasteiger partial charge in [-0.3, -0.25) is 9.59 Å². The van der Waals surface area contributed by atoms with E-state index < -0.39 is 17.8 Å². The van der Waals surface area contributed by atoms with Gasteiger partial charge in [-0.25, -0.2) is 4.79 Å². The van der Waals surface area contributed by atoms with Gasteiger partial charge in [-0.2, -0.15) is 0 Å². The molecule has 0 aliphatic carbocycles. The second kappa shape index (κ2) is 11.2. The lowest BCUT2D eigenvalue weighted by Crippen LogP contribution is -2.48. The second-order valence-electron chi connectivity index (χ2n) is 8.07. The van der Waals surface area contributed by atoms with E-state index in [2.05, 4.69) is 5.32 Å². The van der Waals surface area contributed by atoms with Crippen LogP contribution in [0.3, 0.4) is 0 Å². The number of aryl methyl sites for hydroxylation is 1. The van der Waals surface area contributed by atoms with E-state index >= 15 is 0 Å². The fourth-order valence-corrected chi connectivity index (χ4v) is 3.40. The van der Waals surface area contributed by atoms with Crippen molar-refractivity contribution in [2.24, 2.45) is 5.92 Å². The number of hydrogen-bond donors (Lipinski definition) is 1. The summed E-state index contributed by atoms with van der Waals surface area (Å²) in [5, 5.41) is 2.85. The molecule has 1 aromatic carbocycles.